The van der Waals surface area contributed by atoms with Crippen LogP contribution in [0.3, 0.4) is 0 Å². The maximum absolute atomic E-state index is 12.7. The van der Waals surface area contributed by atoms with E-state index in [1.54, 1.807) is 42.5 Å². The molecule has 4 aliphatic rings. The summed E-state index contributed by atoms with van der Waals surface area (Å²) < 4.78 is 146. The molecule has 0 saturated carbocycles. The van der Waals surface area contributed by atoms with Crippen LogP contribution in [-0.4, -0.2) is 58.6 Å². The molecule has 2 N–H and O–H groups in total. The molecule has 3 fully saturated rings. The minimum atomic E-state index is -4.37. The lowest BCUT2D eigenvalue weighted by atomic mass is 9.89. The van der Waals surface area contributed by atoms with Gasteiger partial charge in [-0.1, -0.05) is 130 Å². The van der Waals surface area contributed by atoms with Gasteiger partial charge in [-0.2, -0.15) is 39.5 Å². The monoisotopic (exact) mass is 1700 g/mol. The number of halogens is 12. The quantitative estimate of drug-likeness (QED) is 0.117. The number of rotatable bonds is 8. The Labute approximate surface area is 707 Å². The van der Waals surface area contributed by atoms with Gasteiger partial charge in [-0.15, -0.1) is 0 Å². The normalized spacial score (nSPS) is 16.3. The van der Waals surface area contributed by atoms with Gasteiger partial charge in [0.2, 0.25) is 11.8 Å². The van der Waals surface area contributed by atoms with Crippen LogP contribution in [0.2, 0.25) is 15.1 Å². The molecule has 4 atom stereocenters. The summed E-state index contributed by atoms with van der Waals surface area (Å²) in [4.78, 5) is 10.9. The molecule has 0 bridgehead atoms. The van der Waals surface area contributed by atoms with Gasteiger partial charge in [-0.25, -0.2) is 9.97 Å². The lowest BCUT2D eigenvalue weighted by molar-refractivity contribution is -0.138. The number of hydrogen-bond acceptors (Lipinski definition) is 9. The first-order valence-electron chi connectivity index (χ1n) is 39.3. The Morgan fingerprint density at radius 3 is 1.31 bits per heavy atom. The first-order chi connectivity index (χ1) is 58.0. The number of alkyl halides is 9. The highest BCUT2D eigenvalue weighted by Gasteiger charge is 2.35. The van der Waals surface area contributed by atoms with Gasteiger partial charge in [0.05, 0.1) is 42.0 Å². The topological polar surface area (TPSA) is 123 Å². The Bertz CT molecular complexity index is 6250. The highest BCUT2D eigenvalue weighted by Crippen LogP contribution is 2.42. The molecule has 121 heavy (non-hydrogen) atoms. The van der Waals surface area contributed by atoms with Crippen molar-refractivity contribution in [3.8, 4) is 56.7 Å². The number of benzene rings is 11. The summed E-state index contributed by atoms with van der Waals surface area (Å²) in [5, 5.41) is 5.59. The predicted octanol–water partition coefficient (Wildman–Crippen LogP) is 28.7. The number of hydrogen-bond donors (Lipinski definition) is 1. The Hall–Kier alpha value is -11.8. The van der Waals surface area contributed by atoms with E-state index in [0.29, 0.717) is 80.0 Å². The van der Waals surface area contributed by atoms with Crippen molar-refractivity contribution >= 4 is 101 Å². The Kier molecular flexibility index (Phi) is 25.0. The molecule has 16 aromatic rings. The van der Waals surface area contributed by atoms with E-state index in [1.165, 1.54) is 79.2 Å². The highest BCUT2D eigenvalue weighted by molar-refractivity contribution is 6.31. The van der Waals surface area contributed by atoms with E-state index in [-0.39, 0.29) is 0 Å². The van der Waals surface area contributed by atoms with E-state index < -0.39 is 35.2 Å². The number of nitrogens with two attached hydrogens (primary N) is 1. The summed E-state index contributed by atoms with van der Waals surface area (Å²) in [5.74, 6) is 2.28. The largest absolute Gasteiger partial charge is 0.456 e. The third kappa shape index (κ3) is 20.1. The molecule has 3 unspecified atom stereocenters. The molecule has 20 rings (SSSR count). The second-order valence-electron chi connectivity index (χ2n) is 30.6. The summed E-state index contributed by atoms with van der Waals surface area (Å²) in [6.07, 6.45) is -4.24. The van der Waals surface area contributed by atoms with Gasteiger partial charge in [-0.05, 0) is 264 Å². The molecule has 0 amide bonds. The first kappa shape index (κ1) is 84.2. The van der Waals surface area contributed by atoms with Gasteiger partial charge in [0, 0.05) is 120 Å². The number of aromatic nitrogens is 4. The van der Waals surface area contributed by atoms with Crippen LogP contribution in [0.25, 0.3) is 112 Å². The molecule has 23 heteroatoms. The fourth-order valence-corrected chi connectivity index (χ4v) is 15.7. The van der Waals surface area contributed by atoms with Crippen LogP contribution in [0.15, 0.2) is 292 Å². The summed E-state index contributed by atoms with van der Waals surface area (Å²) in [6.45, 7) is 15.3. The van der Waals surface area contributed by atoms with E-state index in [9.17, 15) is 39.5 Å². The number of nitrogen functional groups attached to an aromatic ring is 1. The molecule has 5 aromatic heterocycles. The van der Waals surface area contributed by atoms with Crippen molar-refractivity contribution in [3.63, 3.8) is 0 Å². The van der Waals surface area contributed by atoms with Crippen molar-refractivity contribution in [2.45, 2.75) is 78.1 Å². The number of anilines is 2. The van der Waals surface area contributed by atoms with E-state index in [4.69, 9.17) is 63.3 Å². The Morgan fingerprint density at radius 1 is 0.397 bits per heavy atom. The van der Waals surface area contributed by atoms with Crippen LogP contribution < -0.4 is 10.6 Å². The number of ether oxygens (including phenoxy) is 2. The number of aryl methyl sites for hydroxylation is 4. The summed E-state index contributed by atoms with van der Waals surface area (Å²) in [5.41, 5.74) is 24.0. The van der Waals surface area contributed by atoms with Crippen LogP contribution >= 0.6 is 34.8 Å². The molecule has 11 nitrogen and oxygen atoms in total. The van der Waals surface area contributed by atoms with Crippen molar-refractivity contribution in [3.05, 3.63) is 333 Å². The van der Waals surface area contributed by atoms with Gasteiger partial charge < -0.3 is 42.5 Å². The minimum Gasteiger partial charge on any atom is -0.456 e. The second-order valence-corrected chi connectivity index (χ2v) is 31.9. The number of nitrogens with zero attached hydrogens (tertiary/aromatic N) is 5. The van der Waals surface area contributed by atoms with Crippen molar-refractivity contribution in [2.24, 2.45) is 11.8 Å². The third-order valence-corrected chi connectivity index (χ3v) is 22.3. The molecule has 1 aliphatic carbocycles. The van der Waals surface area contributed by atoms with Gasteiger partial charge >= 0.3 is 18.5 Å². The fraction of sp³-hybridized carbons (Fsp3) is 0.204. The number of furan rings is 1. The van der Waals surface area contributed by atoms with Crippen LogP contribution in [0.4, 0.5) is 50.9 Å². The summed E-state index contributed by atoms with van der Waals surface area (Å²) >= 11 is 17.9. The predicted molar refractivity (Wildman–Crippen MR) is 466 cm³/mol. The smallest absolute Gasteiger partial charge is 0.416 e. The summed E-state index contributed by atoms with van der Waals surface area (Å²) in [7, 11) is 0. The van der Waals surface area contributed by atoms with Gasteiger partial charge in [0.25, 0.3) is 0 Å². The molecule has 8 heterocycles. The van der Waals surface area contributed by atoms with E-state index >= 15 is 0 Å². The van der Waals surface area contributed by atoms with E-state index in [1.807, 2.05) is 98.8 Å². The molecule has 11 aromatic carbocycles. The van der Waals surface area contributed by atoms with Gasteiger partial charge in [-0.3, -0.25) is 0 Å². The molecular formula is C98H82Cl3F9N6O5. The molecule has 618 valence electrons. The SMILES string of the molecule is CC1=CC2CN(c3ccc(C(F)(F)F)cc3)CC2C=C1.Cc1ccc2c(c1)cc(-c1ccc(Cl)cc1)n2C1CCOC1.Cc1ccc2c(c1)cc(-c1ccc(Cl)cc1)n2[C@H]1CCOC1.Cc1ccc2nc(-c3ccc(C(F)(F)F)cc3)oc2c1.Cc1ccc2nc(-c3ccc(Cl)cc3)oc2c1.Nc1ccc2oc(-c3cccc(C(F)(F)F)c3)cc2c1. The zero-order chi connectivity index (χ0) is 85.0. The lowest BCUT2D eigenvalue weighted by Gasteiger charge is -2.19. The van der Waals surface area contributed by atoms with Crippen molar-refractivity contribution < 1.29 is 62.2 Å². The number of oxazole rings is 2. The molecule has 3 saturated heterocycles. The maximum Gasteiger partial charge on any atom is 0.416 e. The van der Waals surface area contributed by atoms with Gasteiger partial charge in [0.15, 0.2) is 11.2 Å². The first-order valence-corrected chi connectivity index (χ1v) is 40.4. The van der Waals surface area contributed by atoms with Crippen LogP contribution in [0.1, 0.15) is 70.8 Å². The van der Waals surface area contributed by atoms with Crippen LogP contribution in [-0.2, 0) is 28.0 Å². The average Bonchev–Trinajstić information content (AvgIpc) is 1.62. The van der Waals surface area contributed by atoms with E-state index in [2.05, 4.69) is 136 Å². The third-order valence-electron chi connectivity index (χ3n) is 21.5. The summed E-state index contributed by atoms with van der Waals surface area (Å²) in [6, 6.07) is 75.9. The maximum atomic E-state index is 12.7. The standard InChI is InChI=1S/2C19H18ClNO.C16H16F3N.2C15H10F3NO.C14H10ClNO/c2*1-13-2-7-18-15(10-13)11-19(14-3-5-16(20)6-4-14)21(18)17-8-9-22-12-17;1-11-2-3-12-9-20(10-13(12)8-11)15-6-4-14(5-7-15)16(17,18)19;1-9-2-7-12-13(8-9)20-14(19-12)10-3-5-11(6-4-10)15(16,17)18;16-15(17,18)11-3-1-2-9(6-11)14-8-10-7-12(19)4-5-13(10)20-14;1-9-2-7-12-13(8-9)17-14(16-12)10-3-5-11(15)6-4-10/h2*2-7,10-11,17H,8-9,12H2,1H3;2-8,12-13H,9-10H2,1H3;2-8H,1H3;1-8H,19H2;2-8H,1H3/t17-;;;;;/m0...../s1. The fourth-order valence-electron chi connectivity index (χ4n) is 15.4. The Balaban J connectivity index is 0.000000113. The number of allylic oxidation sites excluding steroid dienone is 2. The zero-order valence-electron chi connectivity index (χ0n) is 66.3. The zero-order valence-corrected chi connectivity index (χ0v) is 68.6. The van der Waals surface area contributed by atoms with Crippen LogP contribution in [0, 0.1) is 39.5 Å². The average molecular weight is 1700 g/mol. The second kappa shape index (κ2) is 35.9. The van der Waals surface area contributed by atoms with E-state index in [0.717, 1.165) is 138 Å². The van der Waals surface area contributed by atoms with Gasteiger partial charge in [0.1, 0.15) is 22.4 Å². The number of fused-ring (bicyclic) bond motifs is 6. The highest BCUT2D eigenvalue weighted by atomic mass is 35.5. The molecule has 3 aliphatic heterocycles. The van der Waals surface area contributed by atoms with Crippen LogP contribution in [0.5, 0.6) is 0 Å². The van der Waals surface area contributed by atoms with Crippen molar-refractivity contribution in [1.82, 2.24) is 19.1 Å². The lowest BCUT2D eigenvalue weighted by Crippen LogP contribution is -2.19. The van der Waals surface area contributed by atoms with Crippen molar-refractivity contribution in [2.75, 3.05) is 50.2 Å². The Morgan fingerprint density at radius 2 is 0.843 bits per heavy atom. The molecule has 0 radical (unpaired) electrons. The molecular weight excluding hydrogens is 1620 g/mol. The van der Waals surface area contributed by atoms with Crippen molar-refractivity contribution in [1.29, 1.82) is 0 Å². The minimum absolute atomic E-state index is 0.319. The molecule has 0 spiro atoms.